The molecule has 13 nitrogen and oxygen atoms in total. The van der Waals surface area contributed by atoms with Crippen LogP contribution in [-0.2, 0) is 51.1 Å². The highest BCUT2D eigenvalue weighted by Crippen LogP contribution is 2.50. The zero-order valence-electron chi connectivity index (χ0n) is 34.9. The van der Waals surface area contributed by atoms with Crippen molar-refractivity contribution >= 4 is 29.7 Å². The number of nitrogens with zero attached hydrogens (tertiary/aromatic N) is 1. The lowest BCUT2D eigenvalue weighted by Gasteiger charge is -2.24. The van der Waals surface area contributed by atoms with Crippen molar-refractivity contribution < 1.29 is 50.9 Å². The molecule has 4 aromatic carbocycles. The highest BCUT2D eigenvalue weighted by atomic mass is 32.2. The van der Waals surface area contributed by atoms with E-state index in [1.54, 1.807) is 42.5 Å². The van der Waals surface area contributed by atoms with Gasteiger partial charge in [0.05, 0.1) is 11.5 Å². The van der Waals surface area contributed by atoms with Crippen LogP contribution in [-0.4, -0.2) is 75.2 Å². The van der Waals surface area contributed by atoms with Gasteiger partial charge in [-0.25, -0.2) is 18.0 Å². The van der Waals surface area contributed by atoms with Gasteiger partial charge >= 0.3 is 19.7 Å². The normalized spacial score (nSPS) is 13.5. The number of carbonyl (C=O) groups excluding carboxylic acids is 1. The Morgan fingerprint density at radius 2 is 1.37 bits per heavy atom. The average molecular weight is 867 g/mol. The van der Waals surface area contributed by atoms with E-state index in [1.165, 1.54) is 24.1 Å². The van der Waals surface area contributed by atoms with Crippen LogP contribution in [0, 0.1) is 25.7 Å². The van der Waals surface area contributed by atoms with Gasteiger partial charge in [0.15, 0.2) is 12.5 Å². The summed E-state index contributed by atoms with van der Waals surface area (Å²) in [5, 5.41) is 10.8. The van der Waals surface area contributed by atoms with E-state index >= 15 is 0 Å². The summed E-state index contributed by atoms with van der Waals surface area (Å²) in [6.45, 7) is 10.4. The summed E-state index contributed by atoms with van der Waals surface area (Å²) in [5.74, 6) is 0.0886. The van der Waals surface area contributed by atoms with Crippen LogP contribution in [0.5, 0.6) is 5.75 Å². The minimum atomic E-state index is -3.79. The van der Waals surface area contributed by atoms with Crippen LogP contribution in [0.1, 0.15) is 56.7 Å². The van der Waals surface area contributed by atoms with Gasteiger partial charge in [0.2, 0.25) is 10.0 Å². The monoisotopic (exact) mass is 866 g/mol. The fourth-order valence-electron chi connectivity index (χ4n) is 5.18. The molecule has 326 valence electrons. The number of nitrogens with one attached hydrogen (secondary N) is 1. The molecule has 1 fully saturated rings. The first-order chi connectivity index (χ1) is 28.8. The van der Waals surface area contributed by atoms with Crippen LogP contribution in [0.3, 0.4) is 0 Å². The number of terminal acetylenes is 1. The third kappa shape index (κ3) is 20.8. The molecule has 1 aliphatic heterocycles. The zero-order chi connectivity index (χ0) is 44.2. The quantitative estimate of drug-likeness (QED) is 0.0400. The van der Waals surface area contributed by atoms with Gasteiger partial charge in [0.1, 0.15) is 12.4 Å². The summed E-state index contributed by atoms with van der Waals surface area (Å²) in [7, 11) is -7.33. The molecule has 0 saturated carbocycles. The second-order valence-electron chi connectivity index (χ2n) is 13.8. The Bertz CT molecular complexity index is 1950. The first kappa shape index (κ1) is 51.1. The second-order valence-corrected chi connectivity index (χ2v) is 17.7. The molecule has 1 heterocycles. The molecule has 1 saturated heterocycles. The number of carbonyl (C=O) groups is 2. The Morgan fingerprint density at radius 3 is 1.87 bits per heavy atom. The molecule has 2 atom stereocenters. The van der Waals surface area contributed by atoms with Crippen LogP contribution in [0.25, 0.3) is 0 Å². The SMILES string of the molecule is C#C.C1CCOC1.CC(C)CN(CCCNC(=O)O)S(=O)(=O)c1ccccc1.Cc1ccc(OCP(=O)(OCc2ccccc2)O[C@@H](C)C(=O)OCc2ccccc2)cc1. The molecule has 2 N–H and O–H groups in total. The summed E-state index contributed by atoms with van der Waals surface area (Å²) >= 11 is 0. The van der Waals surface area contributed by atoms with Crippen molar-refractivity contribution in [2.24, 2.45) is 5.92 Å². The van der Waals surface area contributed by atoms with Gasteiger partial charge in [-0.1, -0.05) is 110 Å². The van der Waals surface area contributed by atoms with E-state index in [4.69, 9.17) is 28.4 Å². The lowest BCUT2D eigenvalue weighted by molar-refractivity contribution is -0.153. The van der Waals surface area contributed by atoms with Crippen molar-refractivity contribution in [1.29, 1.82) is 0 Å². The van der Waals surface area contributed by atoms with Crippen LogP contribution < -0.4 is 10.1 Å². The number of sulfonamides is 1. The van der Waals surface area contributed by atoms with Crippen molar-refractivity contribution in [1.82, 2.24) is 9.62 Å². The van der Waals surface area contributed by atoms with E-state index in [2.05, 4.69) is 18.2 Å². The topological polar surface area (TPSA) is 167 Å². The van der Waals surface area contributed by atoms with Gasteiger partial charge in [0, 0.05) is 32.8 Å². The van der Waals surface area contributed by atoms with Gasteiger partial charge in [0.25, 0.3) is 0 Å². The Balaban J connectivity index is 0.000000378. The maximum Gasteiger partial charge on any atom is 0.404 e. The maximum atomic E-state index is 13.4. The molecule has 0 aliphatic carbocycles. The molecular weight excluding hydrogens is 808 g/mol. The van der Waals surface area contributed by atoms with E-state index in [-0.39, 0.29) is 43.5 Å². The molecule has 60 heavy (non-hydrogen) atoms. The predicted octanol–water partition coefficient (Wildman–Crippen LogP) is 8.93. The Morgan fingerprint density at radius 1 is 0.833 bits per heavy atom. The number of esters is 1. The number of amides is 1. The smallest absolute Gasteiger partial charge is 0.404 e. The van der Waals surface area contributed by atoms with Gasteiger partial charge < -0.3 is 29.2 Å². The molecule has 1 amide bonds. The zero-order valence-corrected chi connectivity index (χ0v) is 36.6. The molecule has 1 unspecified atom stereocenters. The van der Waals surface area contributed by atoms with E-state index < -0.39 is 35.8 Å². The van der Waals surface area contributed by atoms with E-state index in [0.717, 1.165) is 29.9 Å². The maximum absolute atomic E-state index is 13.4. The minimum Gasteiger partial charge on any atom is -0.481 e. The molecule has 0 aromatic heterocycles. The average Bonchev–Trinajstić information content (AvgIpc) is 3.86. The first-order valence-corrected chi connectivity index (χ1v) is 22.7. The first-order valence-electron chi connectivity index (χ1n) is 19.6. The number of aryl methyl sites for hydroxylation is 1. The third-order valence-corrected chi connectivity index (χ3v) is 11.7. The van der Waals surface area contributed by atoms with Crippen molar-refractivity contribution in [3.63, 3.8) is 0 Å². The van der Waals surface area contributed by atoms with E-state index in [1.807, 2.05) is 93.6 Å². The Labute approximate surface area is 355 Å². The number of carboxylic acid groups (broad SMARTS) is 1. The number of ether oxygens (including phenoxy) is 3. The lowest BCUT2D eigenvalue weighted by atomic mass is 10.2. The van der Waals surface area contributed by atoms with Crippen LogP contribution in [0.15, 0.2) is 120 Å². The molecule has 15 heteroatoms. The van der Waals surface area contributed by atoms with Crippen molar-refractivity contribution in [3.05, 3.63) is 132 Å². The van der Waals surface area contributed by atoms with Gasteiger partial charge in [-0.3, -0.25) is 9.09 Å². The highest BCUT2D eigenvalue weighted by Gasteiger charge is 2.32. The number of hydrogen-bond donors (Lipinski definition) is 2. The lowest BCUT2D eigenvalue weighted by Crippen LogP contribution is -2.36. The summed E-state index contributed by atoms with van der Waals surface area (Å²) in [6, 6.07) is 34.2. The molecular formula is C45H59N2O11PS. The molecule has 0 bridgehead atoms. The van der Waals surface area contributed by atoms with Crippen LogP contribution in [0.2, 0.25) is 0 Å². The fraction of sp³-hybridized carbons (Fsp3) is 0.378. The van der Waals surface area contributed by atoms with Crippen LogP contribution in [0.4, 0.5) is 4.79 Å². The standard InChI is InChI=1S/C25H27O6P.C14H22N2O4S.C4H8O.C2H2/c1-20-13-15-24(16-14-20)29-19-32(27,30-18-23-11-7-4-8-12-23)31-21(2)25(26)28-17-22-9-5-3-6-10-22;1-12(2)11-16(10-6-9-15-14(17)18)21(19,20)13-7-4-3-5-8-13;1-2-4-5-3-1;1-2/h3-16,21H,17-19H2,1-2H3;3-5,7-8,12,15H,6,9-11H2,1-2H3,(H,17,18);1-4H2;1-2H/t21-,32?;;;/m0.../s1. The predicted molar refractivity (Wildman–Crippen MR) is 233 cm³/mol. The van der Waals surface area contributed by atoms with Gasteiger partial charge in [-0.15, -0.1) is 12.8 Å². The summed E-state index contributed by atoms with van der Waals surface area (Å²) < 4.78 is 67.2. The number of rotatable bonds is 19. The van der Waals surface area contributed by atoms with Crippen molar-refractivity contribution in [2.45, 2.75) is 71.2 Å². The van der Waals surface area contributed by atoms with Gasteiger partial charge in [-0.05, 0) is 74.4 Å². The van der Waals surface area contributed by atoms with E-state index in [9.17, 15) is 22.6 Å². The molecule has 0 spiro atoms. The van der Waals surface area contributed by atoms with Crippen molar-refractivity contribution in [3.8, 4) is 18.6 Å². The minimum absolute atomic E-state index is 0.0567. The molecule has 0 radical (unpaired) electrons. The second kappa shape index (κ2) is 28.5. The highest BCUT2D eigenvalue weighted by molar-refractivity contribution is 7.89. The summed E-state index contributed by atoms with van der Waals surface area (Å²) in [4.78, 5) is 23.1. The van der Waals surface area contributed by atoms with Crippen LogP contribution >= 0.6 is 7.60 Å². The largest absolute Gasteiger partial charge is 0.481 e. The summed E-state index contributed by atoms with van der Waals surface area (Å²) in [5.41, 5.74) is 2.75. The molecule has 1 aliphatic rings. The Kier molecular flexibility index (Phi) is 24.3. The number of hydrogen-bond acceptors (Lipinski definition) is 10. The van der Waals surface area contributed by atoms with Gasteiger partial charge in [-0.2, -0.15) is 4.31 Å². The summed E-state index contributed by atoms with van der Waals surface area (Å²) in [6.07, 6.45) is 8.46. The Hall–Kier alpha value is -5.00. The number of benzene rings is 4. The fourth-order valence-corrected chi connectivity index (χ4v) is 8.26. The third-order valence-electron chi connectivity index (χ3n) is 8.19. The van der Waals surface area contributed by atoms with Crippen molar-refractivity contribution in [2.75, 3.05) is 39.2 Å². The molecule has 4 aromatic rings. The van der Waals surface area contributed by atoms with E-state index in [0.29, 0.717) is 18.7 Å². The molecule has 5 rings (SSSR count).